The molecule has 2 aromatic rings. The summed E-state index contributed by atoms with van der Waals surface area (Å²) in [5.74, 6) is 1.70. The van der Waals surface area contributed by atoms with Crippen molar-refractivity contribution in [3.63, 3.8) is 0 Å². The van der Waals surface area contributed by atoms with Crippen LogP contribution >= 0.6 is 23.2 Å². The van der Waals surface area contributed by atoms with E-state index >= 15 is 0 Å². The van der Waals surface area contributed by atoms with Crippen LogP contribution in [0, 0.1) is 0 Å². The monoisotopic (exact) mass is 410 g/mol. The van der Waals surface area contributed by atoms with Gasteiger partial charge in [0.25, 0.3) is 0 Å². The molecule has 1 amide bonds. The first-order valence-electron chi connectivity index (χ1n) is 8.75. The number of ether oxygens (including phenoxy) is 1. The highest BCUT2D eigenvalue weighted by molar-refractivity contribution is 6.18. The Morgan fingerprint density at radius 3 is 2.22 bits per heavy atom. The molecule has 0 radical (unpaired) electrons. The number of benzene rings is 2. The summed E-state index contributed by atoms with van der Waals surface area (Å²) in [5, 5.41) is 12.1. The van der Waals surface area contributed by atoms with Gasteiger partial charge >= 0.3 is 6.09 Å². The van der Waals surface area contributed by atoms with E-state index in [1.54, 1.807) is 24.3 Å². The zero-order chi connectivity index (χ0) is 19.6. The number of hydrogen-bond donors (Lipinski definition) is 2. The van der Waals surface area contributed by atoms with Crippen molar-refractivity contribution >= 4 is 35.0 Å². The number of aromatic hydroxyl groups is 1. The highest BCUT2D eigenvalue weighted by Crippen LogP contribution is 2.20. The van der Waals surface area contributed by atoms with Crippen LogP contribution in [0.5, 0.6) is 11.5 Å². The lowest BCUT2D eigenvalue weighted by Gasteiger charge is -2.23. The lowest BCUT2D eigenvalue weighted by atomic mass is 10.1. The topological polar surface area (TPSA) is 61.8 Å². The summed E-state index contributed by atoms with van der Waals surface area (Å²) in [6.07, 6.45) is 0.132. The van der Waals surface area contributed by atoms with Crippen LogP contribution in [-0.4, -0.2) is 42.1 Å². The van der Waals surface area contributed by atoms with Gasteiger partial charge in [0.05, 0.1) is 0 Å². The lowest BCUT2D eigenvalue weighted by molar-refractivity contribution is 0.197. The highest BCUT2D eigenvalue weighted by atomic mass is 35.5. The fourth-order valence-corrected chi connectivity index (χ4v) is 3.08. The van der Waals surface area contributed by atoms with Crippen LogP contribution in [0.15, 0.2) is 48.5 Å². The summed E-state index contributed by atoms with van der Waals surface area (Å²) < 4.78 is 5.34. The van der Waals surface area contributed by atoms with Crippen LogP contribution in [0.25, 0.3) is 0 Å². The standard InChI is InChI=1S/C20H24Cl2N2O3/c1-15(14-16-2-6-18(25)7-3-16)23-20(26)27-19-8-4-17(5-9-19)24(12-10-21)13-11-22/h2-9,15,25H,10-14H2,1H3,(H,23,26). The van der Waals surface area contributed by atoms with Gasteiger partial charge in [-0.3, -0.25) is 0 Å². The maximum atomic E-state index is 12.1. The molecule has 27 heavy (non-hydrogen) atoms. The van der Waals surface area contributed by atoms with Crippen molar-refractivity contribution in [1.82, 2.24) is 5.32 Å². The van der Waals surface area contributed by atoms with E-state index in [1.165, 1.54) is 0 Å². The molecule has 1 atom stereocenters. The zero-order valence-corrected chi connectivity index (χ0v) is 16.7. The summed E-state index contributed by atoms with van der Waals surface area (Å²) in [6.45, 7) is 3.29. The zero-order valence-electron chi connectivity index (χ0n) is 15.2. The van der Waals surface area contributed by atoms with Gasteiger partial charge in [-0.1, -0.05) is 12.1 Å². The first kappa shape index (κ1) is 21.2. The van der Waals surface area contributed by atoms with Gasteiger partial charge in [0.1, 0.15) is 11.5 Å². The average molecular weight is 411 g/mol. The Morgan fingerprint density at radius 2 is 1.67 bits per heavy atom. The van der Waals surface area contributed by atoms with Crippen molar-refractivity contribution in [2.75, 3.05) is 29.7 Å². The second-order valence-electron chi connectivity index (χ2n) is 6.16. The van der Waals surface area contributed by atoms with E-state index < -0.39 is 6.09 Å². The molecule has 0 aromatic heterocycles. The number of carbonyl (C=O) groups excluding carboxylic acids is 1. The molecule has 0 fully saturated rings. The second-order valence-corrected chi connectivity index (χ2v) is 6.92. The minimum absolute atomic E-state index is 0.107. The molecule has 0 aliphatic carbocycles. The number of nitrogens with one attached hydrogen (secondary N) is 1. The van der Waals surface area contributed by atoms with Crippen LogP contribution in [0.2, 0.25) is 0 Å². The molecule has 0 aliphatic rings. The number of anilines is 1. The molecule has 2 aromatic carbocycles. The summed E-state index contributed by atoms with van der Waals surface area (Å²) in [5.41, 5.74) is 1.99. The van der Waals surface area contributed by atoms with Crippen molar-refractivity contribution in [3.8, 4) is 11.5 Å². The quantitative estimate of drug-likeness (QED) is 0.601. The van der Waals surface area contributed by atoms with Crippen LogP contribution in [0.4, 0.5) is 10.5 Å². The van der Waals surface area contributed by atoms with Crippen molar-refractivity contribution in [2.24, 2.45) is 0 Å². The van der Waals surface area contributed by atoms with E-state index in [2.05, 4.69) is 10.2 Å². The molecule has 2 N–H and O–H groups in total. The molecule has 0 saturated carbocycles. The number of halogens is 2. The lowest BCUT2D eigenvalue weighted by Crippen LogP contribution is -2.36. The van der Waals surface area contributed by atoms with Crippen molar-refractivity contribution in [1.29, 1.82) is 0 Å². The Hall–Kier alpha value is -2.11. The Bertz CT molecular complexity index is 702. The first-order valence-corrected chi connectivity index (χ1v) is 9.82. The molecule has 0 spiro atoms. The van der Waals surface area contributed by atoms with E-state index in [0.29, 0.717) is 37.0 Å². The SMILES string of the molecule is CC(Cc1ccc(O)cc1)NC(=O)Oc1ccc(N(CCCl)CCCl)cc1. The molecule has 2 rings (SSSR count). The van der Waals surface area contributed by atoms with Crippen molar-refractivity contribution in [2.45, 2.75) is 19.4 Å². The predicted octanol–water partition coefficient (Wildman–Crippen LogP) is 4.40. The first-order chi connectivity index (χ1) is 13.0. The maximum absolute atomic E-state index is 12.1. The number of rotatable bonds is 9. The molecule has 0 bridgehead atoms. The average Bonchev–Trinajstić information content (AvgIpc) is 2.64. The number of carbonyl (C=O) groups is 1. The summed E-state index contributed by atoms with van der Waals surface area (Å²) >= 11 is 11.6. The van der Waals surface area contributed by atoms with Gasteiger partial charge in [0.2, 0.25) is 0 Å². The minimum atomic E-state index is -0.507. The molecule has 146 valence electrons. The van der Waals surface area contributed by atoms with E-state index in [9.17, 15) is 9.90 Å². The Balaban J connectivity index is 1.86. The minimum Gasteiger partial charge on any atom is -0.508 e. The third-order valence-corrected chi connectivity index (χ3v) is 4.30. The van der Waals surface area contributed by atoms with Crippen molar-refractivity contribution < 1.29 is 14.6 Å². The van der Waals surface area contributed by atoms with Crippen LogP contribution in [0.3, 0.4) is 0 Å². The third-order valence-electron chi connectivity index (χ3n) is 3.96. The molecule has 0 aliphatic heterocycles. The van der Waals surface area contributed by atoms with Gasteiger partial charge < -0.3 is 20.1 Å². The maximum Gasteiger partial charge on any atom is 0.412 e. The number of phenols is 1. The second kappa shape index (κ2) is 10.9. The molecular weight excluding hydrogens is 387 g/mol. The van der Waals surface area contributed by atoms with E-state index in [1.807, 2.05) is 31.2 Å². The van der Waals surface area contributed by atoms with Gasteiger partial charge in [-0.2, -0.15) is 0 Å². The smallest absolute Gasteiger partial charge is 0.412 e. The predicted molar refractivity (Wildman–Crippen MR) is 111 cm³/mol. The molecule has 1 unspecified atom stereocenters. The van der Waals surface area contributed by atoms with E-state index in [0.717, 1.165) is 11.3 Å². The molecule has 5 nitrogen and oxygen atoms in total. The summed E-state index contributed by atoms with van der Waals surface area (Å²) in [4.78, 5) is 14.1. The van der Waals surface area contributed by atoms with Crippen molar-refractivity contribution in [3.05, 3.63) is 54.1 Å². The van der Waals surface area contributed by atoms with Gasteiger partial charge in [0, 0.05) is 36.6 Å². The van der Waals surface area contributed by atoms with Gasteiger partial charge in [-0.15, -0.1) is 23.2 Å². The Kier molecular flexibility index (Phi) is 8.55. The molecule has 0 saturated heterocycles. The molecule has 7 heteroatoms. The van der Waals surface area contributed by atoms with Gasteiger partial charge in [-0.25, -0.2) is 4.79 Å². The number of phenolic OH excluding ortho intramolecular Hbond substituents is 1. The highest BCUT2D eigenvalue weighted by Gasteiger charge is 2.11. The molecular formula is C20H24Cl2N2O3. The van der Waals surface area contributed by atoms with Crippen LogP contribution in [-0.2, 0) is 6.42 Å². The third kappa shape index (κ3) is 7.19. The summed E-state index contributed by atoms with van der Waals surface area (Å²) in [7, 11) is 0. The van der Waals surface area contributed by atoms with E-state index in [4.69, 9.17) is 27.9 Å². The van der Waals surface area contributed by atoms with Gasteiger partial charge in [0.15, 0.2) is 0 Å². The van der Waals surface area contributed by atoms with Crippen LogP contribution < -0.4 is 15.0 Å². The Labute approximate surface area is 169 Å². The van der Waals surface area contributed by atoms with Gasteiger partial charge in [-0.05, 0) is 55.3 Å². The number of nitrogens with zero attached hydrogens (tertiary/aromatic N) is 1. The Morgan fingerprint density at radius 1 is 1.07 bits per heavy atom. The fourth-order valence-electron chi connectivity index (χ4n) is 2.67. The largest absolute Gasteiger partial charge is 0.508 e. The number of amides is 1. The normalized spacial score (nSPS) is 11.7. The number of alkyl halides is 2. The number of hydrogen-bond acceptors (Lipinski definition) is 4. The molecule has 0 heterocycles. The summed E-state index contributed by atoms with van der Waals surface area (Å²) in [6, 6.07) is 14.0. The van der Waals surface area contributed by atoms with Crippen LogP contribution in [0.1, 0.15) is 12.5 Å². The van der Waals surface area contributed by atoms with E-state index in [-0.39, 0.29) is 11.8 Å². The fraction of sp³-hybridized carbons (Fsp3) is 0.350.